The summed E-state index contributed by atoms with van der Waals surface area (Å²) >= 11 is 5.53. The minimum absolute atomic E-state index is 0.317. The molecule has 0 N–H and O–H groups in total. The van der Waals surface area contributed by atoms with Gasteiger partial charge in [0, 0.05) is 19.3 Å². The van der Waals surface area contributed by atoms with Crippen molar-refractivity contribution in [3.8, 4) is 0 Å². The molecule has 0 heterocycles. The van der Waals surface area contributed by atoms with E-state index in [2.05, 4.69) is 0 Å². The second-order valence-electron chi connectivity index (χ2n) is 1.59. The maximum absolute atomic E-state index is 5.53. The first-order valence-electron chi connectivity index (χ1n) is 2.60. The van der Waals surface area contributed by atoms with Crippen LogP contribution >= 0.6 is 11.6 Å². The second-order valence-corrected chi connectivity index (χ2v) is 2.19. The molecule has 0 aromatic rings. The number of hydrogen-bond donors (Lipinski definition) is 0. The largest absolute Gasteiger partial charge is 0.352 e. The highest BCUT2D eigenvalue weighted by Crippen LogP contribution is 2.02. The van der Waals surface area contributed by atoms with Crippen molar-refractivity contribution in [1.82, 2.24) is 0 Å². The van der Waals surface area contributed by atoms with E-state index in [-0.39, 0.29) is 6.29 Å². The third-order valence-corrected chi connectivity index (χ3v) is 0.956. The van der Waals surface area contributed by atoms with E-state index in [1.54, 1.807) is 27.2 Å². The first kappa shape index (κ1) is 8.95. The van der Waals surface area contributed by atoms with Gasteiger partial charge in [0.05, 0.1) is 0 Å². The van der Waals surface area contributed by atoms with Gasteiger partial charge in [-0.1, -0.05) is 11.6 Å². The molecule has 3 heteroatoms. The Kier molecular flexibility index (Phi) is 4.77. The number of methoxy groups -OCH3 is 2. The summed E-state index contributed by atoms with van der Waals surface area (Å²) < 4.78 is 9.65. The van der Waals surface area contributed by atoms with Gasteiger partial charge in [-0.05, 0) is 13.0 Å². The second kappa shape index (κ2) is 4.79. The fraction of sp³-hybridized carbons (Fsp3) is 0.667. The van der Waals surface area contributed by atoms with Crippen molar-refractivity contribution in [3.05, 3.63) is 11.1 Å². The highest BCUT2D eigenvalue weighted by atomic mass is 35.5. The van der Waals surface area contributed by atoms with E-state index >= 15 is 0 Å². The van der Waals surface area contributed by atoms with Gasteiger partial charge >= 0.3 is 0 Å². The molecule has 0 bridgehead atoms. The lowest BCUT2D eigenvalue weighted by Gasteiger charge is -2.06. The normalized spacial score (nSPS) is 12.8. The van der Waals surface area contributed by atoms with Crippen LogP contribution in [-0.4, -0.2) is 20.5 Å². The van der Waals surface area contributed by atoms with Crippen LogP contribution in [0.1, 0.15) is 6.92 Å². The molecule has 0 aliphatic carbocycles. The van der Waals surface area contributed by atoms with E-state index in [1.165, 1.54) is 0 Å². The van der Waals surface area contributed by atoms with Crippen LogP contribution < -0.4 is 0 Å². The van der Waals surface area contributed by atoms with Crippen molar-refractivity contribution in [2.45, 2.75) is 13.2 Å². The monoisotopic (exact) mass is 150 g/mol. The van der Waals surface area contributed by atoms with Crippen LogP contribution in [0.2, 0.25) is 0 Å². The maximum Gasteiger partial charge on any atom is 0.177 e. The molecule has 0 rings (SSSR count). The van der Waals surface area contributed by atoms with Gasteiger partial charge < -0.3 is 9.47 Å². The Hall–Kier alpha value is -0.0500. The van der Waals surface area contributed by atoms with E-state index in [0.29, 0.717) is 5.03 Å². The summed E-state index contributed by atoms with van der Waals surface area (Å²) in [5.74, 6) is 0. The summed E-state index contributed by atoms with van der Waals surface area (Å²) in [6.07, 6.45) is 1.36. The van der Waals surface area contributed by atoms with Crippen molar-refractivity contribution >= 4 is 11.6 Å². The van der Waals surface area contributed by atoms with Gasteiger partial charge in [-0.25, -0.2) is 0 Å². The molecule has 9 heavy (non-hydrogen) atoms. The van der Waals surface area contributed by atoms with Crippen LogP contribution in [0.5, 0.6) is 0 Å². The Morgan fingerprint density at radius 1 is 1.44 bits per heavy atom. The van der Waals surface area contributed by atoms with E-state index in [4.69, 9.17) is 21.1 Å². The lowest BCUT2D eigenvalue weighted by molar-refractivity contribution is -0.0668. The maximum atomic E-state index is 5.53. The summed E-state index contributed by atoms with van der Waals surface area (Å²) in [5, 5.41) is 0.670. The average Bonchev–Trinajstić information content (AvgIpc) is 1.82. The smallest absolute Gasteiger partial charge is 0.177 e. The fourth-order valence-corrected chi connectivity index (χ4v) is 0.523. The molecule has 0 unspecified atom stereocenters. The van der Waals surface area contributed by atoms with Crippen molar-refractivity contribution < 1.29 is 9.47 Å². The molecule has 0 radical (unpaired) electrons. The molecule has 0 aromatic heterocycles. The van der Waals surface area contributed by atoms with E-state index in [0.717, 1.165) is 0 Å². The molecule has 0 atom stereocenters. The van der Waals surface area contributed by atoms with Crippen molar-refractivity contribution in [3.63, 3.8) is 0 Å². The molecule has 54 valence electrons. The van der Waals surface area contributed by atoms with Gasteiger partial charge in [0.15, 0.2) is 6.29 Å². The lowest BCUT2D eigenvalue weighted by Crippen LogP contribution is -2.08. The molecule has 0 aliphatic rings. The summed E-state index contributed by atoms with van der Waals surface area (Å²) in [7, 11) is 3.12. The van der Waals surface area contributed by atoms with Gasteiger partial charge in [-0.3, -0.25) is 0 Å². The summed E-state index contributed by atoms with van der Waals surface area (Å²) in [5.41, 5.74) is 0. The first-order chi connectivity index (χ1) is 4.20. The molecule has 0 aromatic carbocycles. The number of hydrogen-bond acceptors (Lipinski definition) is 2. The Balaban J connectivity index is 3.68. The summed E-state index contributed by atoms with van der Waals surface area (Å²) in [4.78, 5) is 0. The first-order valence-corrected chi connectivity index (χ1v) is 2.98. The highest BCUT2D eigenvalue weighted by Gasteiger charge is 1.97. The van der Waals surface area contributed by atoms with Crippen molar-refractivity contribution in [1.29, 1.82) is 0 Å². The number of halogens is 1. The fourth-order valence-electron chi connectivity index (χ4n) is 0.420. The Morgan fingerprint density at radius 2 is 1.89 bits per heavy atom. The summed E-state index contributed by atoms with van der Waals surface area (Å²) in [6, 6.07) is 0. The topological polar surface area (TPSA) is 18.5 Å². The van der Waals surface area contributed by atoms with Gasteiger partial charge in [-0.2, -0.15) is 0 Å². The van der Waals surface area contributed by atoms with E-state index < -0.39 is 0 Å². The third kappa shape index (κ3) is 4.45. The zero-order valence-electron chi connectivity index (χ0n) is 5.85. The molecule has 0 saturated carbocycles. The molecular weight excluding hydrogens is 140 g/mol. The number of allylic oxidation sites excluding steroid dienone is 1. The van der Waals surface area contributed by atoms with Crippen LogP contribution in [-0.2, 0) is 9.47 Å². The Labute approximate surface area is 60.4 Å². The van der Waals surface area contributed by atoms with E-state index in [1.807, 2.05) is 0 Å². The molecular formula is C6H11ClO2. The van der Waals surface area contributed by atoms with Crippen LogP contribution in [0.15, 0.2) is 11.1 Å². The summed E-state index contributed by atoms with van der Waals surface area (Å²) in [6.45, 7) is 1.77. The quantitative estimate of drug-likeness (QED) is 0.571. The minimum atomic E-state index is -0.317. The minimum Gasteiger partial charge on any atom is -0.352 e. The number of rotatable bonds is 3. The number of ether oxygens (including phenoxy) is 2. The zero-order chi connectivity index (χ0) is 7.28. The highest BCUT2D eigenvalue weighted by molar-refractivity contribution is 6.29. The van der Waals surface area contributed by atoms with Crippen LogP contribution in [0, 0.1) is 0 Å². The van der Waals surface area contributed by atoms with Gasteiger partial charge in [-0.15, -0.1) is 0 Å². The molecule has 0 spiro atoms. The standard InChI is InChI=1S/C6H11ClO2/c1-5(7)4-6(8-2)9-3/h4,6H,1-3H3. The van der Waals surface area contributed by atoms with Crippen molar-refractivity contribution in [2.75, 3.05) is 14.2 Å². The van der Waals surface area contributed by atoms with Gasteiger partial charge in [0.25, 0.3) is 0 Å². The molecule has 2 nitrogen and oxygen atoms in total. The SMILES string of the molecule is COC(C=C(C)Cl)OC. The molecule has 0 fully saturated rings. The van der Waals surface area contributed by atoms with Crippen LogP contribution in [0.4, 0.5) is 0 Å². The average molecular weight is 151 g/mol. The van der Waals surface area contributed by atoms with Gasteiger partial charge in [0.2, 0.25) is 0 Å². The van der Waals surface area contributed by atoms with Gasteiger partial charge in [0.1, 0.15) is 0 Å². The predicted octanol–water partition coefficient (Wildman–Crippen LogP) is 1.75. The lowest BCUT2D eigenvalue weighted by atomic mass is 10.5. The Bertz CT molecular complexity index is 93.2. The molecule has 0 saturated heterocycles. The third-order valence-electron chi connectivity index (χ3n) is 0.830. The van der Waals surface area contributed by atoms with Crippen LogP contribution in [0.25, 0.3) is 0 Å². The van der Waals surface area contributed by atoms with E-state index in [9.17, 15) is 0 Å². The molecule has 0 amide bonds. The van der Waals surface area contributed by atoms with Crippen molar-refractivity contribution in [2.24, 2.45) is 0 Å². The zero-order valence-corrected chi connectivity index (χ0v) is 6.61. The molecule has 0 aliphatic heterocycles. The predicted molar refractivity (Wildman–Crippen MR) is 37.4 cm³/mol. The van der Waals surface area contributed by atoms with Crippen LogP contribution in [0.3, 0.4) is 0 Å². The Morgan fingerprint density at radius 3 is 2.00 bits per heavy atom.